The zero-order valence-electron chi connectivity index (χ0n) is 17.4. The molecule has 0 saturated carbocycles. The fraction of sp³-hybridized carbons (Fsp3) is 0.0800. The van der Waals surface area contributed by atoms with Gasteiger partial charge in [0.25, 0.3) is 5.91 Å². The highest BCUT2D eigenvalue weighted by molar-refractivity contribution is 6.34. The van der Waals surface area contributed by atoms with Gasteiger partial charge >= 0.3 is 0 Å². The Balaban J connectivity index is 1.55. The van der Waals surface area contributed by atoms with Crippen LogP contribution < -0.4 is 16.0 Å². The van der Waals surface area contributed by atoms with Gasteiger partial charge in [-0.15, -0.1) is 0 Å². The van der Waals surface area contributed by atoms with Crippen molar-refractivity contribution in [2.45, 2.75) is 12.8 Å². The second kappa shape index (κ2) is 9.10. The van der Waals surface area contributed by atoms with Gasteiger partial charge in [-0.1, -0.05) is 47.5 Å². The molecule has 4 aromatic rings. The second-order valence-electron chi connectivity index (χ2n) is 7.69. The van der Waals surface area contributed by atoms with E-state index in [1.807, 2.05) is 36.4 Å². The molecule has 1 aromatic heterocycles. The van der Waals surface area contributed by atoms with E-state index in [2.05, 4.69) is 38.1 Å². The van der Waals surface area contributed by atoms with Crippen LogP contribution in [0.5, 0.6) is 0 Å². The number of carbonyl (C=O) groups is 1. The van der Waals surface area contributed by atoms with Crippen molar-refractivity contribution in [3.05, 3.63) is 99.7 Å². The van der Waals surface area contributed by atoms with E-state index >= 15 is 0 Å². The molecule has 0 unspecified atom stereocenters. The van der Waals surface area contributed by atoms with E-state index < -0.39 is 0 Å². The van der Waals surface area contributed by atoms with Crippen molar-refractivity contribution in [3.8, 4) is 0 Å². The van der Waals surface area contributed by atoms with Crippen molar-refractivity contribution in [1.29, 1.82) is 0 Å². The molecule has 2 heterocycles. The van der Waals surface area contributed by atoms with E-state index in [0.29, 0.717) is 38.7 Å². The van der Waals surface area contributed by atoms with Crippen molar-refractivity contribution in [3.63, 3.8) is 0 Å². The molecule has 3 aromatic carbocycles. The largest absolute Gasteiger partial charge is 0.339 e. The number of anilines is 5. The molecule has 0 radical (unpaired) electrons. The Hall–Kier alpha value is -3.61. The summed E-state index contributed by atoms with van der Waals surface area (Å²) in [5, 5.41) is 10.2. The number of rotatable bonds is 2. The van der Waals surface area contributed by atoms with Crippen LogP contribution in [-0.2, 0) is 12.8 Å². The number of hydrogen-bond donors (Lipinski definition) is 3. The van der Waals surface area contributed by atoms with Crippen molar-refractivity contribution in [2.24, 2.45) is 0 Å². The Kier molecular flexibility index (Phi) is 5.86. The molecule has 1 amide bonds. The third-order valence-corrected chi connectivity index (χ3v) is 5.88. The lowest BCUT2D eigenvalue weighted by Crippen LogP contribution is -2.13. The first-order valence-electron chi connectivity index (χ1n) is 10.4. The van der Waals surface area contributed by atoms with E-state index in [1.54, 1.807) is 18.2 Å². The average Bonchev–Trinajstić information content (AvgIpc) is 2.81. The number of aromatic nitrogens is 2. The summed E-state index contributed by atoms with van der Waals surface area (Å²) in [6, 6.07) is 20.9. The maximum Gasteiger partial charge on any atom is 0.255 e. The molecule has 0 spiro atoms. The van der Waals surface area contributed by atoms with Crippen LogP contribution in [0, 0.1) is 0 Å². The van der Waals surface area contributed by atoms with E-state index in [0.717, 1.165) is 29.7 Å². The number of nitrogens with zero attached hydrogens (tertiary/aromatic N) is 2. The maximum atomic E-state index is 13.1. The minimum absolute atomic E-state index is 0.254. The molecule has 3 N–H and O–H groups in total. The minimum Gasteiger partial charge on any atom is -0.339 e. The Morgan fingerprint density at radius 2 is 1.67 bits per heavy atom. The number of para-hydroxylation sites is 1. The Morgan fingerprint density at radius 3 is 2.55 bits per heavy atom. The van der Waals surface area contributed by atoms with Gasteiger partial charge in [0, 0.05) is 16.9 Å². The molecule has 1 aliphatic heterocycles. The van der Waals surface area contributed by atoms with Gasteiger partial charge in [0.2, 0.25) is 5.95 Å². The molecule has 6 nitrogen and oxygen atoms in total. The van der Waals surface area contributed by atoms with Gasteiger partial charge in [0.15, 0.2) is 5.82 Å². The number of nitrogens with one attached hydrogen (secondary N) is 3. The molecule has 0 atom stereocenters. The Labute approximate surface area is 201 Å². The van der Waals surface area contributed by atoms with E-state index in [4.69, 9.17) is 23.2 Å². The van der Waals surface area contributed by atoms with Crippen molar-refractivity contribution in [2.75, 3.05) is 16.0 Å². The number of aryl methyl sites for hydroxylation is 2. The predicted molar refractivity (Wildman–Crippen MR) is 133 cm³/mol. The first-order chi connectivity index (χ1) is 16.0. The molecule has 33 heavy (non-hydrogen) atoms. The first kappa shape index (κ1) is 21.2. The van der Waals surface area contributed by atoms with Gasteiger partial charge in [0.1, 0.15) is 5.02 Å². The number of fused-ring (bicyclic) bond motifs is 6. The predicted octanol–water partition coefficient (Wildman–Crippen LogP) is 6.62. The average molecular weight is 476 g/mol. The lowest BCUT2D eigenvalue weighted by molar-refractivity contribution is 0.102. The Morgan fingerprint density at radius 1 is 0.848 bits per heavy atom. The summed E-state index contributed by atoms with van der Waals surface area (Å²) in [4.78, 5) is 21.9. The van der Waals surface area contributed by atoms with Crippen LogP contribution in [0.4, 0.5) is 28.8 Å². The van der Waals surface area contributed by atoms with Crippen LogP contribution in [-0.4, -0.2) is 15.9 Å². The lowest BCUT2D eigenvalue weighted by atomic mass is 10.0. The van der Waals surface area contributed by atoms with Gasteiger partial charge in [-0.05, 0) is 66.4 Å². The molecular weight excluding hydrogens is 457 g/mol. The number of carbonyl (C=O) groups excluding carboxylic acids is 1. The molecule has 0 fully saturated rings. The van der Waals surface area contributed by atoms with Crippen molar-refractivity contribution in [1.82, 2.24) is 9.97 Å². The maximum absolute atomic E-state index is 13.1. The SMILES string of the molecule is O=C(Nc1ccccc1Cl)c1cc2cc(c1)Nc1nc(ncc1Cl)Nc1cccc(c1)CC2. The fourth-order valence-corrected chi connectivity index (χ4v) is 3.99. The highest BCUT2D eigenvalue weighted by Gasteiger charge is 2.14. The number of amides is 1. The molecule has 1 aliphatic rings. The van der Waals surface area contributed by atoms with E-state index in [1.165, 1.54) is 6.20 Å². The van der Waals surface area contributed by atoms with E-state index in [9.17, 15) is 4.79 Å². The molecule has 5 rings (SSSR count). The molecule has 0 aliphatic carbocycles. The van der Waals surface area contributed by atoms with Gasteiger partial charge in [-0.25, -0.2) is 4.98 Å². The van der Waals surface area contributed by atoms with Crippen LogP contribution in [0.15, 0.2) is 72.9 Å². The summed E-state index contributed by atoms with van der Waals surface area (Å²) >= 11 is 12.6. The smallest absolute Gasteiger partial charge is 0.255 e. The summed E-state index contributed by atoms with van der Waals surface area (Å²) in [7, 11) is 0. The minimum atomic E-state index is -0.254. The van der Waals surface area contributed by atoms with Crippen LogP contribution in [0.25, 0.3) is 0 Å². The Bertz CT molecular complexity index is 1360. The third kappa shape index (κ3) is 4.92. The monoisotopic (exact) mass is 475 g/mol. The number of benzene rings is 3. The summed E-state index contributed by atoms with van der Waals surface area (Å²) in [5.74, 6) is 0.612. The summed E-state index contributed by atoms with van der Waals surface area (Å²) in [6.45, 7) is 0. The van der Waals surface area contributed by atoms with Gasteiger partial charge in [0.05, 0.1) is 16.9 Å². The van der Waals surface area contributed by atoms with Gasteiger partial charge in [-0.2, -0.15) is 4.98 Å². The lowest BCUT2D eigenvalue weighted by Gasteiger charge is -2.13. The summed E-state index contributed by atoms with van der Waals surface area (Å²) in [5.41, 5.74) is 4.82. The molecule has 8 heteroatoms. The quantitative estimate of drug-likeness (QED) is 0.303. The van der Waals surface area contributed by atoms with E-state index in [-0.39, 0.29) is 5.91 Å². The van der Waals surface area contributed by atoms with Crippen LogP contribution in [0.1, 0.15) is 21.5 Å². The topological polar surface area (TPSA) is 78.9 Å². The summed E-state index contributed by atoms with van der Waals surface area (Å²) < 4.78 is 0. The molecule has 164 valence electrons. The fourth-order valence-electron chi connectivity index (χ4n) is 3.67. The highest BCUT2D eigenvalue weighted by atomic mass is 35.5. The second-order valence-corrected chi connectivity index (χ2v) is 8.51. The van der Waals surface area contributed by atoms with Crippen molar-refractivity contribution < 1.29 is 4.79 Å². The van der Waals surface area contributed by atoms with Crippen LogP contribution in [0.3, 0.4) is 0 Å². The highest BCUT2D eigenvalue weighted by Crippen LogP contribution is 2.28. The zero-order chi connectivity index (χ0) is 22.8. The van der Waals surface area contributed by atoms with Crippen molar-refractivity contribution >= 4 is 57.9 Å². The molecular formula is C25H19Cl2N5O. The third-order valence-electron chi connectivity index (χ3n) is 5.27. The zero-order valence-corrected chi connectivity index (χ0v) is 18.9. The van der Waals surface area contributed by atoms with Gasteiger partial charge in [-0.3, -0.25) is 4.79 Å². The molecule has 6 bridgehead atoms. The van der Waals surface area contributed by atoms with Gasteiger partial charge < -0.3 is 16.0 Å². The van der Waals surface area contributed by atoms with Crippen LogP contribution >= 0.6 is 23.2 Å². The standard InChI is InChI=1S/C25H19Cl2N5O/c26-20-6-1-2-7-22(20)31-24(33)17-10-16-9-8-15-4-3-5-18(11-15)30-25-28-14-21(27)23(32-25)29-19(12-16)13-17/h1-7,10-14H,8-9H2,(H,31,33)(H2,28,29,30,32). The number of halogens is 2. The summed E-state index contributed by atoms with van der Waals surface area (Å²) in [6.07, 6.45) is 3.10. The first-order valence-corrected chi connectivity index (χ1v) is 11.1. The normalized spacial score (nSPS) is 12.3. The van der Waals surface area contributed by atoms with Crippen LogP contribution in [0.2, 0.25) is 10.0 Å². The number of hydrogen-bond acceptors (Lipinski definition) is 5. The molecule has 0 saturated heterocycles.